The Morgan fingerprint density at radius 2 is 1.86 bits per heavy atom. The Labute approximate surface area is 130 Å². The second kappa shape index (κ2) is 6.17. The Bertz CT molecular complexity index is 347. The molecule has 21 heavy (non-hydrogen) atoms. The number of nitrogens with zero attached hydrogens (tertiary/aromatic N) is 1. The van der Waals surface area contributed by atoms with Gasteiger partial charge >= 0.3 is 0 Å². The van der Waals surface area contributed by atoms with Gasteiger partial charge in [0.1, 0.15) is 0 Å². The zero-order valence-corrected chi connectivity index (χ0v) is 14.3. The smallest absolute Gasteiger partial charge is 0.0710 e. The Morgan fingerprint density at radius 1 is 1.14 bits per heavy atom. The molecule has 1 spiro atoms. The lowest BCUT2D eigenvalue weighted by Crippen LogP contribution is -2.64. The third-order valence-electron chi connectivity index (χ3n) is 6.55. The van der Waals surface area contributed by atoms with Crippen molar-refractivity contribution < 1.29 is 4.74 Å². The van der Waals surface area contributed by atoms with Crippen LogP contribution in [0.2, 0.25) is 0 Å². The number of ether oxygens (including phenoxy) is 1. The van der Waals surface area contributed by atoms with E-state index in [1.165, 1.54) is 57.9 Å². The lowest BCUT2D eigenvalue weighted by atomic mass is 9.88. The van der Waals surface area contributed by atoms with Gasteiger partial charge in [0, 0.05) is 31.2 Å². The van der Waals surface area contributed by atoms with Gasteiger partial charge in [-0.15, -0.1) is 0 Å². The average molecular weight is 294 g/mol. The molecule has 0 amide bonds. The average Bonchev–Trinajstić information content (AvgIpc) is 3.12. The highest BCUT2D eigenvalue weighted by Crippen LogP contribution is 2.43. The van der Waals surface area contributed by atoms with Crippen molar-refractivity contribution in [3.8, 4) is 0 Å². The zero-order chi connectivity index (χ0) is 14.9. The van der Waals surface area contributed by atoms with Crippen LogP contribution in [-0.4, -0.2) is 47.8 Å². The lowest BCUT2D eigenvalue weighted by molar-refractivity contribution is -0.0581. The van der Waals surface area contributed by atoms with Crippen LogP contribution in [0, 0.1) is 0 Å². The molecule has 0 aromatic rings. The maximum atomic E-state index is 6.53. The summed E-state index contributed by atoms with van der Waals surface area (Å²) in [6, 6.07) is 0.639. The van der Waals surface area contributed by atoms with Crippen molar-refractivity contribution in [3.05, 3.63) is 0 Å². The van der Waals surface area contributed by atoms with Gasteiger partial charge in [0.2, 0.25) is 0 Å². The Balaban J connectivity index is 1.58. The van der Waals surface area contributed by atoms with E-state index < -0.39 is 0 Å². The quantitative estimate of drug-likeness (QED) is 0.861. The Morgan fingerprint density at radius 3 is 2.52 bits per heavy atom. The molecule has 3 fully saturated rings. The topological polar surface area (TPSA) is 24.5 Å². The summed E-state index contributed by atoms with van der Waals surface area (Å²) >= 11 is 0. The van der Waals surface area contributed by atoms with Crippen molar-refractivity contribution >= 4 is 0 Å². The summed E-state index contributed by atoms with van der Waals surface area (Å²) in [5.74, 6) is 0. The highest BCUT2D eigenvalue weighted by molar-refractivity contribution is 4.98. The van der Waals surface area contributed by atoms with Crippen LogP contribution in [0.5, 0.6) is 0 Å². The molecule has 2 unspecified atom stereocenters. The first-order chi connectivity index (χ1) is 10.1. The van der Waals surface area contributed by atoms with Gasteiger partial charge < -0.3 is 10.1 Å². The Kier molecular flexibility index (Phi) is 4.63. The normalized spacial score (nSPS) is 35.6. The fourth-order valence-corrected chi connectivity index (χ4v) is 4.73. The number of hydrogen-bond acceptors (Lipinski definition) is 3. The van der Waals surface area contributed by atoms with E-state index >= 15 is 0 Å². The standard InChI is InChI=1S/C18H34N2O/c1-4-17(5-2)14-20(15(3)12-19-17)13-16-8-11-18(21-16)9-6-7-10-18/h15-16,19H,4-14H2,1-3H3. The predicted octanol–water partition coefficient (Wildman–Crippen LogP) is 3.33. The van der Waals surface area contributed by atoms with Crippen molar-refractivity contribution in [2.45, 2.75) is 95.4 Å². The van der Waals surface area contributed by atoms with Crippen LogP contribution in [0.4, 0.5) is 0 Å². The largest absolute Gasteiger partial charge is 0.370 e. The molecule has 0 aromatic heterocycles. The van der Waals surface area contributed by atoms with E-state index in [1.54, 1.807) is 0 Å². The summed E-state index contributed by atoms with van der Waals surface area (Å²) in [5.41, 5.74) is 0.616. The first-order valence-electron chi connectivity index (χ1n) is 9.27. The van der Waals surface area contributed by atoms with E-state index in [2.05, 4.69) is 31.0 Å². The number of nitrogens with one attached hydrogen (secondary N) is 1. The summed E-state index contributed by atoms with van der Waals surface area (Å²) in [6.45, 7) is 10.5. The molecule has 3 aliphatic rings. The second-order valence-corrected chi connectivity index (χ2v) is 7.82. The molecule has 3 rings (SSSR count). The summed E-state index contributed by atoms with van der Waals surface area (Å²) in [5, 5.41) is 3.80. The van der Waals surface area contributed by atoms with Crippen molar-refractivity contribution in [2.24, 2.45) is 0 Å². The van der Waals surface area contributed by atoms with Crippen LogP contribution in [0.25, 0.3) is 0 Å². The zero-order valence-electron chi connectivity index (χ0n) is 14.3. The van der Waals surface area contributed by atoms with E-state index in [-0.39, 0.29) is 5.60 Å². The predicted molar refractivity (Wildman–Crippen MR) is 87.7 cm³/mol. The van der Waals surface area contributed by atoms with Gasteiger partial charge in [-0.2, -0.15) is 0 Å². The molecule has 0 bridgehead atoms. The molecule has 0 radical (unpaired) electrons. The summed E-state index contributed by atoms with van der Waals surface area (Å²) in [7, 11) is 0. The maximum absolute atomic E-state index is 6.53. The van der Waals surface area contributed by atoms with Crippen molar-refractivity contribution in [1.82, 2.24) is 10.2 Å². The SMILES string of the molecule is CCC1(CC)CN(CC2CCC3(CCCC3)O2)C(C)CN1. The molecule has 3 heteroatoms. The molecule has 2 heterocycles. The third-order valence-corrected chi connectivity index (χ3v) is 6.55. The summed E-state index contributed by atoms with van der Waals surface area (Å²) in [6.07, 6.45) is 10.9. The molecule has 2 aliphatic heterocycles. The van der Waals surface area contributed by atoms with Gasteiger partial charge in [-0.1, -0.05) is 26.7 Å². The minimum atomic E-state index is 0.286. The second-order valence-electron chi connectivity index (χ2n) is 7.82. The van der Waals surface area contributed by atoms with Gasteiger partial charge in [0.25, 0.3) is 0 Å². The molecule has 1 saturated carbocycles. The van der Waals surface area contributed by atoms with E-state index in [9.17, 15) is 0 Å². The fourth-order valence-electron chi connectivity index (χ4n) is 4.73. The minimum absolute atomic E-state index is 0.286. The van der Waals surface area contributed by atoms with Gasteiger partial charge in [0.05, 0.1) is 11.7 Å². The molecule has 122 valence electrons. The fraction of sp³-hybridized carbons (Fsp3) is 1.00. The van der Waals surface area contributed by atoms with Crippen LogP contribution in [0.3, 0.4) is 0 Å². The highest BCUT2D eigenvalue weighted by Gasteiger charge is 2.44. The van der Waals surface area contributed by atoms with Gasteiger partial charge in [-0.3, -0.25) is 4.90 Å². The molecule has 1 N–H and O–H groups in total. The first kappa shape index (κ1) is 15.8. The molecular formula is C18H34N2O. The molecule has 2 saturated heterocycles. The van der Waals surface area contributed by atoms with E-state index in [4.69, 9.17) is 4.74 Å². The number of hydrogen-bond donors (Lipinski definition) is 1. The maximum Gasteiger partial charge on any atom is 0.0710 e. The van der Waals surface area contributed by atoms with Crippen molar-refractivity contribution in [3.63, 3.8) is 0 Å². The van der Waals surface area contributed by atoms with Gasteiger partial charge in [-0.25, -0.2) is 0 Å². The summed E-state index contributed by atoms with van der Waals surface area (Å²) in [4.78, 5) is 2.70. The van der Waals surface area contributed by atoms with Crippen LogP contribution in [0.1, 0.15) is 72.1 Å². The molecule has 1 aliphatic carbocycles. The van der Waals surface area contributed by atoms with Crippen molar-refractivity contribution in [1.29, 1.82) is 0 Å². The Hall–Kier alpha value is -0.120. The number of piperazine rings is 1. The number of rotatable bonds is 4. The van der Waals surface area contributed by atoms with E-state index in [0.29, 0.717) is 17.7 Å². The third kappa shape index (κ3) is 3.16. The highest BCUT2D eigenvalue weighted by atomic mass is 16.5. The monoisotopic (exact) mass is 294 g/mol. The van der Waals surface area contributed by atoms with Gasteiger partial charge in [-0.05, 0) is 45.4 Å². The molecule has 3 nitrogen and oxygen atoms in total. The van der Waals surface area contributed by atoms with Crippen LogP contribution < -0.4 is 5.32 Å². The molecule has 2 atom stereocenters. The van der Waals surface area contributed by atoms with Crippen LogP contribution in [-0.2, 0) is 4.74 Å². The van der Waals surface area contributed by atoms with Crippen molar-refractivity contribution in [2.75, 3.05) is 19.6 Å². The molecular weight excluding hydrogens is 260 g/mol. The molecule has 0 aromatic carbocycles. The van der Waals surface area contributed by atoms with E-state index in [1.807, 2.05) is 0 Å². The first-order valence-corrected chi connectivity index (χ1v) is 9.27. The van der Waals surface area contributed by atoms with Crippen LogP contribution >= 0.6 is 0 Å². The lowest BCUT2D eigenvalue weighted by Gasteiger charge is -2.47. The van der Waals surface area contributed by atoms with Crippen LogP contribution in [0.15, 0.2) is 0 Å². The summed E-state index contributed by atoms with van der Waals surface area (Å²) < 4.78 is 6.53. The minimum Gasteiger partial charge on any atom is -0.370 e. The van der Waals surface area contributed by atoms with E-state index in [0.717, 1.165) is 13.1 Å². The van der Waals surface area contributed by atoms with Gasteiger partial charge in [0.15, 0.2) is 0 Å².